The lowest BCUT2D eigenvalue weighted by atomic mass is 10.1. The van der Waals surface area contributed by atoms with Crippen LogP contribution in [0.4, 0.5) is 5.69 Å². The van der Waals surface area contributed by atoms with E-state index in [-0.39, 0.29) is 12.5 Å². The number of hydrogen-bond acceptors (Lipinski definition) is 3. The number of carbonyl (C=O) groups is 1. The van der Waals surface area contributed by atoms with E-state index >= 15 is 0 Å². The van der Waals surface area contributed by atoms with Gasteiger partial charge < -0.3 is 10.4 Å². The Morgan fingerprint density at radius 3 is 2.89 bits per heavy atom. The first kappa shape index (κ1) is 13.8. The molecule has 0 fully saturated rings. The molecule has 0 aliphatic heterocycles. The van der Waals surface area contributed by atoms with Crippen molar-refractivity contribution in [1.82, 2.24) is 0 Å². The number of carbonyl (C=O) groups excluding carboxylic acids is 1. The van der Waals surface area contributed by atoms with Crippen LogP contribution in [0.1, 0.15) is 17.5 Å². The molecule has 1 amide bonds. The molecule has 2 N–H and O–H groups in total. The molecule has 0 atom stereocenters. The minimum Gasteiger partial charge on any atom is -0.396 e. The number of hydrogen-bond donors (Lipinski definition) is 2. The highest BCUT2D eigenvalue weighted by Crippen LogP contribution is 2.13. The van der Waals surface area contributed by atoms with Crippen LogP contribution in [0, 0.1) is 0 Å². The van der Waals surface area contributed by atoms with Crippen molar-refractivity contribution < 1.29 is 9.90 Å². The molecule has 19 heavy (non-hydrogen) atoms. The molecule has 0 bridgehead atoms. The summed E-state index contributed by atoms with van der Waals surface area (Å²) in [5, 5.41) is 15.7. The Morgan fingerprint density at radius 2 is 2.16 bits per heavy atom. The third-order valence-corrected chi connectivity index (χ3v) is 3.51. The van der Waals surface area contributed by atoms with Crippen LogP contribution in [-0.4, -0.2) is 17.6 Å². The van der Waals surface area contributed by atoms with Gasteiger partial charge in [0.05, 0.1) is 6.42 Å². The Kier molecular flexibility index (Phi) is 5.12. The second kappa shape index (κ2) is 7.07. The summed E-state index contributed by atoms with van der Waals surface area (Å²) in [6.07, 6.45) is 1.97. The molecule has 2 rings (SSSR count). The fourth-order valence-electron chi connectivity index (χ4n) is 1.87. The molecular weight excluding hydrogens is 258 g/mol. The Hall–Kier alpha value is -1.65. The Bertz CT molecular complexity index is 523. The largest absolute Gasteiger partial charge is 0.396 e. The molecule has 1 aromatic carbocycles. The number of benzene rings is 1. The summed E-state index contributed by atoms with van der Waals surface area (Å²) in [6.45, 7) is 0.189. The van der Waals surface area contributed by atoms with Crippen molar-refractivity contribution in [3.05, 3.63) is 52.2 Å². The lowest BCUT2D eigenvalue weighted by molar-refractivity contribution is -0.115. The van der Waals surface area contributed by atoms with Crippen molar-refractivity contribution in [3.8, 4) is 0 Å². The number of anilines is 1. The van der Waals surface area contributed by atoms with Gasteiger partial charge in [-0.3, -0.25) is 4.79 Å². The van der Waals surface area contributed by atoms with E-state index in [1.807, 2.05) is 41.1 Å². The Morgan fingerprint density at radius 1 is 1.26 bits per heavy atom. The first-order valence-corrected chi connectivity index (χ1v) is 7.23. The average molecular weight is 275 g/mol. The quantitative estimate of drug-likeness (QED) is 0.851. The number of rotatable bonds is 6. The third kappa shape index (κ3) is 4.50. The van der Waals surface area contributed by atoms with Crippen LogP contribution in [0.25, 0.3) is 0 Å². The number of thiophene rings is 1. The predicted molar refractivity (Wildman–Crippen MR) is 78.5 cm³/mol. The highest BCUT2D eigenvalue weighted by Gasteiger charge is 2.05. The second-order valence-corrected chi connectivity index (χ2v) is 5.16. The van der Waals surface area contributed by atoms with E-state index in [0.717, 1.165) is 29.7 Å². The number of amides is 1. The molecule has 3 nitrogen and oxygen atoms in total. The number of aliphatic hydroxyl groups excluding tert-OH is 1. The number of nitrogens with one attached hydrogen (secondary N) is 1. The van der Waals surface area contributed by atoms with Crippen LogP contribution in [0.15, 0.2) is 41.1 Å². The van der Waals surface area contributed by atoms with Crippen LogP contribution < -0.4 is 5.32 Å². The van der Waals surface area contributed by atoms with E-state index < -0.39 is 0 Å². The minimum absolute atomic E-state index is 0.00212. The van der Waals surface area contributed by atoms with Gasteiger partial charge in [0.15, 0.2) is 0 Å². The summed E-state index contributed by atoms with van der Waals surface area (Å²) < 4.78 is 0. The highest BCUT2D eigenvalue weighted by atomic mass is 32.1. The van der Waals surface area contributed by atoms with E-state index in [1.54, 1.807) is 11.3 Å². The first-order valence-electron chi connectivity index (χ1n) is 6.28. The maximum Gasteiger partial charge on any atom is 0.228 e. The molecule has 0 radical (unpaired) electrons. The van der Waals surface area contributed by atoms with Crippen molar-refractivity contribution in [2.45, 2.75) is 19.3 Å². The van der Waals surface area contributed by atoms with E-state index in [0.29, 0.717) is 6.42 Å². The molecule has 0 aliphatic carbocycles. The maximum atomic E-state index is 11.9. The topological polar surface area (TPSA) is 49.3 Å². The van der Waals surface area contributed by atoms with Crippen LogP contribution >= 0.6 is 11.3 Å². The molecule has 1 heterocycles. The van der Waals surface area contributed by atoms with Crippen LogP contribution in [0.3, 0.4) is 0 Å². The van der Waals surface area contributed by atoms with Gasteiger partial charge in [-0.25, -0.2) is 0 Å². The van der Waals surface area contributed by atoms with Crippen molar-refractivity contribution >= 4 is 22.9 Å². The maximum absolute atomic E-state index is 11.9. The number of aryl methyl sites for hydroxylation is 1. The van der Waals surface area contributed by atoms with Gasteiger partial charge in [-0.2, -0.15) is 11.3 Å². The summed E-state index contributed by atoms with van der Waals surface area (Å²) >= 11 is 1.60. The van der Waals surface area contributed by atoms with Crippen molar-refractivity contribution in [2.75, 3.05) is 11.9 Å². The molecule has 0 aliphatic rings. The Balaban J connectivity index is 1.92. The van der Waals surface area contributed by atoms with E-state index in [1.165, 1.54) is 0 Å². The van der Waals surface area contributed by atoms with Crippen LogP contribution in [-0.2, 0) is 17.6 Å². The molecule has 0 unspecified atom stereocenters. The summed E-state index contributed by atoms with van der Waals surface area (Å²) in [6, 6.07) is 9.73. The molecular formula is C15H17NO2S. The van der Waals surface area contributed by atoms with Crippen molar-refractivity contribution in [1.29, 1.82) is 0 Å². The monoisotopic (exact) mass is 275 g/mol. The van der Waals surface area contributed by atoms with Crippen LogP contribution in [0.2, 0.25) is 0 Å². The minimum atomic E-state index is -0.00212. The molecule has 0 saturated carbocycles. The van der Waals surface area contributed by atoms with Crippen LogP contribution in [0.5, 0.6) is 0 Å². The van der Waals surface area contributed by atoms with Gasteiger partial charge in [0.1, 0.15) is 0 Å². The van der Waals surface area contributed by atoms with Gasteiger partial charge in [0.2, 0.25) is 5.91 Å². The summed E-state index contributed by atoms with van der Waals surface area (Å²) in [5.41, 5.74) is 2.98. The lowest BCUT2D eigenvalue weighted by Crippen LogP contribution is -2.14. The molecule has 4 heteroatoms. The van der Waals surface area contributed by atoms with Gasteiger partial charge in [-0.1, -0.05) is 12.1 Å². The SMILES string of the molecule is O=C(Cc1ccsc1)Nc1cccc(CCCO)c1. The lowest BCUT2D eigenvalue weighted by Gasteiger charge is -2.06. The van der Waals surface area contributed by atoms with Crippen molar-refractivity contribution in [3.63, 3.8) is 0 Å². The Labute approximate surface area is 116 Å². The van der Waals surface area contributed by atoms with E-state index in [4.69, 9.17) is 5.11 Å². The molecule has 2 aromatic rings. The summed E-state index contributed by atoms with van der Waals surface area (Å²) in [7, 11) is 0. The van der Waals surface area contributed by atoms with E-state index in [2.05, 4.69) is 5.32 Å². The highest BCUT2D eigenvalue weighted by molar-refractivity contribution is 7.08. The molecule has 0 spiro atoms. The van der Waals surface area contributed by atoms with Gasteiger partial charge in [-0.05, 0) is 52.9 Å². The summed E-state index contributed by atoms with van der Waals surface area (Å²) in [5.74, 6) is -0.00212. The third-order valence-electron chi connectivity index (χ3n) is 2.78. The zero-order chi connectivity index (χ0) is 13.5. The zero-order valence-corrected chi connectivity index (χ0v) is 11.5. The molecule has 100 valence electrons. The standard InChI is InChI=1S/C15H17NO2S/c17-7-2-4-12-3-1-5-14(9-12)16-15(18)10-13-6-8-19-11-13/h1,3,5-6,8-9,11,17H,2,4,7,10H2,(H,16,18). The first-order chi connectivity index (χ1) is 9.28. The fraction of sp³-hybridized carbons (Fsp3) is 0.267. The molecule has 1 aromatic heterocycles. The van der Waals surface area contributed by atoms with Gasteiger partial charge in [0, 0.05) is 12.3 Å². The normalized spacial score (nSPS) is 10.4. The van der Waals surface area contributed by atoms with Gasteiger partial charge in [0.25, 0.3) is 0 Å². The fourth-order valence-corrected chi connectivity index (χ4v) is 2.54. The van der Waals surface area contributed by atoms with E-state index in [9.17, 15) is 4.79 Å². The predicted octanol–water partition coefficient (Wildman–Crippen LogP) is 2.85. The summed E-state index contributed by atoms with van der Waals surface area (Å²) in [4.78, 5) is 11.9. The number of aliphatic hydroxyl groups is 1. The van der Waals surface area contributed by atoms with Gasteiger partial charge in [-0.15, -0.1) is 0 Å². The second-order valence-electron chi connectivity index (χ2n) is 4.38. The van der Waals surface area contributed by atoms with Gasteiger partial charge >= 0.3 is 0 Å². The average Bonchev–Trinajstić information content (AvgIpc) is 2.89. The smallest absolute Gasteiger partial charge is 0.228 e. The van der Waals surface area contributed by atoms with Crippen molar-refractivity contribution in [2.24, 2.45) is 0 Å². The zero-order valence-electron chi connectivity index (χ0n) is 10.6. The molecule has 0 saturated heterocycles.